The van der Waals surface area contributed by atoms with E-state index in [-0.39, 0.29) is 35.5 Å². The summed E-state index contributed by atoms with van der Waals surface area (Å²) in [6, 6.07) is 18.2. The van der Waals surface area contributed by atoms with Crippen LogP contribution < -0.4 is 15.5 Å². The van der Waals surface area contributed by atoms with Crippen molar-refractivity contribution in [3.63, 3.8) is 0 Å². The Bertz CT molecular complexity index is 1310. The van der Waals surface area contributed by atoms with Gasteiger partial charge in [0.25, 0.3) is 0 Å². The van der Waals surface area contributed by atoms with E-state index in [9.17, 15) is 19.2 Å². The first kappa shape index (κ1) is 19.7. The number of carbonyl (C=O) groups is 4. The summed E-state index contributed by atoms with van der Waals surface area (Å²) in [6.45, 7) is 1.69. The Balaban J connectivity index is 1.39. The maximum atomic E-state index is 12.9. The molecule has 1 atom stereocenters. The van der Waals surface area contributed by atoms with Crippen molar-refractivity contribution in [1.29, 1.82) is 0 Å². The van der Waals surface area contributed by atoms with E-state index in [2.05, 4.69) is 10.6 Å². The number of nitrogens with zero attached hydrogens (tertiary/aromatic N) is 1. The predicted molar refractivity (Wildman–Crippen MR) is 120 cm³/mol. The summed E-state index contributed by atoms with van der Waals surface area (Å²) < 4.78 is 0. The van der Waals surface area contributed by atoms with Gasteiger partial charge in [0.2, 0.25) is 11.8 Å². The number of rotatable bonds is 3. The number of hydrogen-bond donors (Lipinski definition) is 2. The van der Waals surface area contributed by atoms with Crippen molar-refractivity contribution >= 4 is 40.4 Å². The molecule has 3 aromatic carbocycles. The topological polar surface area (TPSA) is 95.6 Å². The van der Waals surface area contributed by atoms with Gasteiger partial charge in [-0.3, -0.25) is 19.2 Å². The Morgan fingerprint density at radius 1 is 0.875 bits per heavy atom. The van der Waals surface area contributed by atoms with Crippen LogP contribution in [0.5, 0.6) is 0 Å². The molecular formula is C25H19N3O4. The van der Waals surface area contributed by atoms with Crippen molar-refractivity contribution in [1.82, 2.24) is 0 Å². The molecular weight excluding hydrogens is 406 g/mol. The van der Waals surface area contributed by atoms with Crippen LogP contribution in [0.4, 0.5) is 17.1 Å². The van der Waals surface area contributed by atoms with E-state index >= 15 is 0 Å². The zero-order chi connectivity index (χ0) is 22.4. The summed E-state index contributed by atoms with van der Waals surface area (Å²) in [6.07, 6.45) is 0. The van der Waals surface area contributed by atoms with Crippen molar-refractivity contribution in [2.75, 3.05) is 22.1 Å². The number of ketones is 2. The Hall–Kier alpha value is -4.26. The molecule has 0 spiro atoms. The average molecular weight is 425 g/mol. The molecule has 1 aliphatic heterocycles. The summed E-state index contributed by atoms with van der Waals surface area (Å²) in [5.74, 6) is -0.983. The minimum atomic E-state index is -0.519. The number of anilines is 3. The first-order chi connectivity index (χ1) is 15.4. The molecule has 158 valence electrons. The molecule has 0 radical (unpaired) electrons. The highest BCUT2D eigenvalue weighted by Crippen LogP contribution is 2.32. The van der Waals surface area contributed by atoms with Gasteiger partial charge in [0.05, 0.1) is 17.9 Å². The second-order valence-corrected chi connectivity index (χ2v) is 7.82. The van der Waals surface area contributed by atoms with Crippen molar-refractivity contribution in [3.05, 3.63) is 89.0 Å². The van der Waals surface area contributed by atoms with Crippen LogP contribution >= 0.6 is 0 Å². The molecule has 0 bridgehead atoms. The van der Waals surface area contributed by atoms with Gasteiger partial charge in [-0.2, -0.15) is 0 Å². The Labute approximate surface area is 184 Å². The highest BCUT2D eigenvalue weighted by Gasteiger charge is 2.31. The molecule has 0 fully saturated rings. The first-order valence-electron chi connectivity index (χ1n) is 10.2. The molecule has 7 nitrogen and oxygen atoms in total. The lowest BCUT2D eigenvalue weighted by Gasteiger charge is -2.35. The molecule has 7 heteroatoms. The smallest absolute Gasteiger partial charge is 0.246 e. The molecule has 1 unspecified atom stereocenters. The van der Waals surface area contributed by atoms with Crippen LogP contribution in [0.3, 0.4) is 0 Å². The van der Waals surface area contributed by atoms with Crippen LogP contribution in [0.25, 0.3) is 0 Å². The normalized spacial score (nSPS) is 16.6. The Kier molecular flexibility index (Phi) is 4.59. The second kappa shape index (κ2) is 7.46. The molecule has 0 saturated heterocycles. The molecule has 0 saturated carbocycles. The number of nitrogens with one attached hydrogen (secondary N) is 2. The highest BCUT2D eigenvalue weighted by molar-refractivity contribution is 6.28. The van der Waals surface area contributed by atoms with Gasteiger partial charge >= 0.3 is 0 Å². The van der Waals surface area contributed by atoms with Gasteiger partial charge in [-0.1, -0.05) is 36.4 Å². The monoisotopic (exact) mass is 425 g/mol. The van der Waals surface area contributed by atoms with E-state index in [1.807, 2.05) is 18.2 Å². The maximum absolute atomic E-state index is 12.9. The van der Waals surface area contributed by atoms with Gasteiger partial charge in [0, 0.05) is 27.9 Å². The zero-order valence-electron chi connectivity index (χ0n) is 17.2. The van der Waals surface area contributed by atoms with E-state index in [0.29, 0.717) is 28.1 Å². The Morgan fingerprint density at radius 3 is 2.25 bits per heavy atom. The third kappa shape index (κ3) is 3.15. The molecule has 0 aromatic heterocycles. The van der Waals surface area contributed by atoms with E-state index in [4.69, 9.17) is 0 Å². The summed E-state index contributed by atoms with van der Waals surface area (Å²) >= 11 is 0. The molecule has 3 aromatic rings. The number of carbonyl (C=O) groups excluding carboxylic acids is 4. The number of para-hydroxylation sites is 2. The number of benzene rings is 3. The second-order valence-electron chi connectivity index (χ2n) is 7.82. The highest BCUT2D eigenvalue weighted by atomic mass is 16.2. The zero-order valence-corrected chi connectivity index (χ0v) is 17.2. The van der Waals surface area contributed by atoms with Gasteiger partial charge in [-0.15, -0.1) is 0 Å². The third-order valence-corrected chi connectivity index (χ3v) is 5.84. The van der Waals surface area contributed by atoms with Gasteiger partial charge in [-0.05, 0) is 37.3 Å². The van der Waals surface area contributed by atoms with E-state index in [0.717, 1.165) is 5.69 Å². The van der Waals surface area contributed by atoms with Crippen LogP contribution in [0.15, 0.2) is 66.7 Å². The maximum Gasteiger partial charge on any atom is 0.246 e. The fourth-order valence-corrected chi connectivity index (χ4v) is 4.17. The van der Waals surface area contributed by atoms with Crippen molar-refractivity contribution in [3.8, 4) is 0 Å². The fraction of sp³-hybridized carbons (Fsp3) is 0.120. The molecule has 5 rings (SSSR count). The standard InChI is InChI=1S/C25H19N3O4/c1-14-25(32)27-20-8-4-5-9-21(20)28(14)13-22(29)26-15-10-11-18-19(12-15)24(31)17-7-3-2-6-16(17)23(18)30/h2-12,14H,13H2,1H3,(H,26,29)(H,27,32). The lowest BCUT2D eigenvalue weighted by Crippen LogP contribution is -2.49. The molecule has 2 N–H and O–H groups in total. The molecule has 2 amide bonds. The lowest BCUT2D eigenvalue weighted by atomic mass is 9.84. The van der Waals surface area contributed by atoms with Crippen molar-refractivity contribution in [2.24, 2.45) is 0 Å². The summed E-state index contributed by atoms with van der Waals surface area (Å²) in [7, 11) is 0. The molecule has 1 aliphatic carbocycles. The largest absolute Gasteiger partial charge is 0.349 e. The third-order valence-electron chi connectivity index (χ3n) is 5.84. The molecule has 1 heterocycles. The van der Waals surface area contributed by atoms with Gasteiger partial charge < -0.3 is 15.5 Å². The van der Waals surface area contributed by atoms with Crippen LogP contribution in [-0.4, -0.2) is 36.0 Å². The Morgan fingerprint density at radius 2 is 1.50 bits per heavy atom. The molecule has 32 heavy (non-hydrogen) atoms. The molecule has 2 aliphatic rings. The summed E-state index contributed by atoms with van der Waals surface area (Å²) in [4.78, 5) is 52.5. The van der Waals surface area contributed by atoms with Crippen LogP contribution in [0, 0.1) is 0 Å². The van der Waals surface area contributed by atoms with Gasteiger partial charge in [0.1, 0.15) is 6.04 Å². The number of hydrogen-bond acceptors (Lipinski definition) is 5. The SMILES string of the molecule is CC1C(=O)Nc2ccccc2N1CC(=O)Nc1ccc2c(c1)C(=O)c1ccccc1C2=O. The first-order valence-corrected chi connectivity index (χ1v) is 10.2. The van der Waals surface area contributed by atoms with Crippen LogP contribution in [0.2, 0.25) is 0 Å². The number of fused-ring (bicyclic) bond motifs is 3. The lowest BCUT2D eigenvalue weighted by molar-refractivity contribution is -0.117. The minimum Gasteiger partial charge on any atom is -0.349 e. The summed E-state index contributed by atoms with van der Waals surface area (Å²) in [5.41, 5.74) is 3.16. The number of amides is 2. The van der Waals surface area contributed by atoms with Gasteiger partial charge in [-0.25, -0.2) is 0 Å². The van der Waals surface area contributed by atoms with E-state index in [1.54, 1.807) is 54.3 Å². The average Bonchev–Trinajstić information content (AvgIpc) is 2.80. The minimum absolute atomic E-state index is 0.0433. The van der Waals surface area contributed by atoms with E-state index in [1.165, 1.54) is 6.07 Å². The predicted octanol–water partition coefficient (Wildman–Crippen LogP) is 3.25. The van der Waals surface area contributed by atoms with E-state index < -0.39 is 6.04 Å². The van der Waals surface area contributed by atoms with Crippen LogP contribution in [-0.2, 0) is 9.59 Å². The van der Waals surface area contributed by atoms with Gasteiger partial charge in [0.15, 0.2) is 11.6 Å². The fourth-order valence-electron chi connectivity index (χ4n) is 4.17. The summed E-state index contributed by atoms with van der Waals surface area (Å²) in [5, 5.41) is 5.62. The van der Waals surface area contributed by atoms with Crippen molar-refractivity contribution in [2.45, 2.75) is 13.0 Å². The van der Waals surface area contributed by atoms with Crippen LogP contribution in [0.1, 0.15) is 38.8 Å². The van der Waals surface area contributed by atoms with Crippen molar-refractivity contribution < 1.29 is 19.2 Å². The quantitative estimate of drug-likeness (QED) is 0.525.